The molecule has 0 aliphatic rings. The Hall–Kier alpha value is 0.443. The van der Waals surface area contributed by atoms with Gasteiger partial charge in [0, 0.05) is 0 Å². The first-order valence-electron chi connectivity index (χ1n) is 2.53. The van der Waals surface area contributed by atoms with Crippen LogP contribution in [0.5, 0.6) is 0 Å². The summed E-state index contributed by atoms with van der Waals surface area (Å²) in [7, 11) is 0. The molecule has 0 nitrogen and oxygen atoms in total. The van der Waals surface area contributed by atoms with Gasteiger partial charge in [0.1, 0.15) is 0 Å². The Bertz CT molecular complexity index is 139. The van der Waals surface area contributed by atoms with E-state index in [2.05, 4.69) is 26.7 Å². The van der Waals surface area contributed by atoms with E-state index in [4.69, 9.17) is 0 Å². The van der Waals surface area contributed by atoms with Crippen LogP contribution in [0.3, 0.4) is 0 Å². The maximum absolute atomic E-state index is 3.72. The average molecular weight is 283 g/mol. The van der Waals surface area contributed by atoms with Gasteiger partial charge in [-0.1, -0.05) is 6.07 Å². The van der Waals surface area contributed by atoms with Gasteiger partial charge in [-0.2, -0.15) is 24.6 Å². The zero-order valence-corrected chi connectivity index (χ0v) is 10.3. The molecule has 1 aromatic carbocycles. The van der Waals surface area contributed by atoms with Gasteiger partial charge >= 0.3 is 34.5 Å². The van der Waals surface area contributed by atoms with E-state index in [1.54, 1.807) is 0 Å². The predicted octanol–water partition coefficient (Wildman–Crippen LogP) is 2.75. The first-order valence-corrected chi connectivity index (χ1v) is 11.6. The summed E-state index contributed by atoms with van der Waals surface area (Å²) in [5, 5.41) is 0. The van der Waals surface area contributed by atoms with Crippen molar-refractivity contribution >= 4 is 19.8 Å². The van der Waals surface area contributed by atoms with Crippen molar-refractivity contribution in [3.63, 3.8) is 0 Å². The normalized spacial score (nSPS) is 7.44. The summed E-state index contributed by atoms with van der Waals surface area (Å²) in [4.78, 5) is 0. The van der Waals surface area contributed by atoms with Crippen LogP contribution in [0.1, 0.15) is 5.56 Å². The number of hydrogen-bond donors (Lipinski definition) is 0. The fourth-order valence-electron chi connectivity index (χ4n) is 0.478. The van der Waals surface area contributed by atoms with Crippen molar-refractivity contribution in [3.8, 4) is 0 Å². The molecule has 0 aliphatic carbocycles. The Kier molecular flexibility index (Phi) is 6.89. The van der Waals surface area contributed by atoms with Gasteiger partial charge < -0.3 is 0 Å². The molecule has 1 rings (SSSR count). The van der Waals surface area contributed by atoms with Crippen molar-refractivity contribution in [1.82, 2.24) is 0 Å². The summed E-state index contributed by atoms with van der Waals surface area (Å²) >= 11 is 3.62. The van der Waals surface area contributed by atoms with Crippen LogP contribution in [0.15, 0.2) is 30.3 Å². The number of benzene rings is 1. The van der Waals surface area contributed by atoms with E-state index in [1.807, 2.05) is 30.3 Å². The molecule has 0 radical (unpaired) electrons. The molecule has 0 aliphatic heterocycles. The van der Waals surface area contributed by atoms with Crippen molar-refractivity contribution < 1.29 is 14.8 Å². The van der Waals surface area contributed by atoms with Crippen molar-refractivity contribution in [1.29, 1.82) is 0 Å². The molecule has 44 valence electrons. The summed E-state index contributed by atoms with van der Waals surface area (Å²) in [5.41, 5.74) is 1.07. The predicted molar refractivity (Wildman–Crippen MR) is 44.9 cm³/mol. The molecule has 1 aromatic rings. The van der Waals surface area contributed by atoms with Gasteiger partial charge in [0.15, 0.2) is 0 Å². The molecule has 0 atom stereocenters. The molecule has 0 amide bonds. The maximum atomic E-state index is 3.72. The van der Waals surface area contributed by atoms with Gasteiger partial charge in [-0.15, -0.1) is 12.1 Å². The van der Waals surface area contributed by atoms with Crippen molar-refractivity contribution in [2.75, 3.05) is 0 Å². The number of hydrogen-bond acceptors (Lipinski definition) is 0. The third kappa shape index (κ3) is 4.92. The summed E-state index contributed by atoms with van der Waals surface area (Å²) in [5.74, 6) is 0. The Morgan fingerprint density at radius 3 is 1.78 bits per heavy atom. The van der Waals surface area contributed by atoms with Crippen LogP contribution in [0.4, 0.5) is 0 Å². The average Bonchev–Trinajstić information content (AvgIpc) is 1.94. The molecule has 0 unspecified atom stereocenters. The van der Waals surface area contributed by atoms with Gasteiger partial charge in [0.2, 0.25) is 0 Å². The van der Waals surface area contributed by atoms with E-state index >= 15 is 0 Å². The van der Waals surface area contributed by atoms with Gasteiger partial charge in [0.05, 0.1) is 0 Å². The van der Waals surface area contributed by atoms with E-state index in [0.29, 0.717) is 0 Å². The molecule has 0 aromatic heterocycles. The molecular weight excluding hydrogens is 276 g/mol. The Balaban J connectivity index is 0.000000291. The first kappa shape index (κ1) is 9.44. The second kappa shape index (κ2) is 6.56. The Labute approximate surface area is 76.9 Å². The van der Waals surface area contributed by atoms with Gasteiger partial charge in [-0.25, -0.2) is 0 Å². The summed E-state index contributed by atoms with van der Waals surface area (Å²) in [6.45, 7) is 3.72. The molecule has 9 heavy (non-hydrogen) atoms. The summed E-state index contributed by atoms with van der Waals surface area (Å²) < 4.78 is 0. The molecule has 0 bridgehead atoms. The molecule has 0 saturated carbocycles. The standard InChI is InChI=1S/C7H7.HI.Zn/c1-7-5-3-2-4-6-7;;/h2-6H,1H2;1H;/q-1;;+2/p-1. The van der Waals surface area contributed by atoms with E-state index in [9.17, 15) is 0 Å². The van der Waals surface area contributed by atoms with Crippen molar-refractivity contribution in [3.05, 3.63) is 42.8 Å². The van der Waals surface area contributed by atoms with Gasteiger partial charge in [-0.3, -0.25) is 0 Å². The van der Waals surface area contributed by atoms with E-state index in [1.165, 1.54) is 14.8 Å². The monoisotopic (exact) mass is 282 g/mol. The van der Waals surface area contributed by atoms with E-state index in [-0.39, 0.29) is 0 Å². The van der Waals surface area contributed by atoms with Crippen molar-refractivity contribution in [2.24, 2.45) is 0 Å². The SMILES string of the molecule is [CH2-]c1ccccc1.[Zn+][I]. The van der Waals surface area contributed by atoms with Crippen molar-refractivity contribution in [2.45, 2.75) is 0 Å². The number of halogens is 1. The van der Waals surface area contributed by atoms with Gasteiger partial charge in [0.25, 0.3) is 0 Å². The van der Waals surface area contributed by atoms with E-state index in [0.717, 1.165) is 5.56 Å². The molecule has 0 spiro atoms. The van der Waals surface area contributed by atoms with Crippen LogP contribution in [-0.2, 0) is 14.8 Å². The Morgan fingerprint density at radius 2 is 1.56 bits per heavy atom. The first-order chi connectivity index (χ1) is 4.39. The third-order valence-electron chi connectivity index (χ3n) is 0.843. The quantitative estimate of drug-likeness (QED) is 0.390. The summed E-state index contributed by atoms with van der Waals surface area (Å²) in [6, 6.07) is 9.87. The van der Waals surface area contributed by atoms with Crippen LogP contribution >= 0.6 is 19.8 Å². The van der Waals surface area contributed by atoms with Crippen LogP contribution in [0.2, 0.25) is 0 Å². The zero-order chi connectivity index (χ0) is 7.11. The van der Waals surface area contributed by atoms with Crippen LogP contribution in [0.25, 0.3) is 0 Å². The molecule has 0 fully saturated rings. The fourth-order valence-corrected chi connectivity index (χ4v) is 0.478. The third-order valence-corrected chi connectivity index (χ3v) is 0.843. The molecule has 0 heterocycles. The molecular formula is C7H7IZn. The van der Waals surface area contributed by atoms with Crippen LogP contribution < -0.4 is 0 Å². The zero-order valence-electron chi connectivity index (χ0n) is 5.18. The molecule has 2 heteroatoms. The minimum atomic E-state index is 1.07. The minimum absolute atomic E-state index is 1.07. The molecule has 0 N–H and O–H groups in total. The second-order valence-electron chi connectivity index (χ2n) is 1.49. The number of rotatable bonds is 0. The van der Waals surface area contributed by atoms with Crippen LogP contribution in [0, 0.1) is 6.92 Å². The molecule has 0 saturated heterocycles. The fraction of sp³-hybridized carbons (Fsp3) is 0. The second-order valence-corrected chi connectivity index (χ2v) is 1.49. The Morgan fingerprint density at radius 1 is 1.11 bits per heavy atom. The van der Waals surface area contributed by atoms with Gasteiger partial charge in [-0.05, 0) is 0 Å². The topological polar surface area (TPSA) is 0 Å². The summed E-state index contributed by atoms with van der Waals surface area (Å²) in [6.07, 6.45) is 0. The van der Waals surface area contributed by atoms with E-state index < -0.39 is 0 Å². The van der Waals surface area contributed by atoms with Crippen LogP contribution in [-0.4, -0.2) is 0 Å².